The molecule has 92 valence electrons. The average molecular weight is 360 g/mol. The van der Waals surface area contributed by atoms with Gasteiger partial charge in [0.1, 0.15) is 0 Å². The zero-order valence-corrected chi connectivity index (χ0v) is 13.3. The summed E-state index contributed by atoms with van der Waals surface area (Å²) in [5.74, 6) is 0. The minimum Gasteiger partial charge on any atom is -0.335 e. The molecule has 1 aliphatic rings. The molecule has 2 rings (SSSR count). The van der Waals surface area contributed by atoms with Gasteiger partial charge in [-0.1, -0.05) is 24.8 Å². The molecule has 0 aromatic heterocycles. The second kappa shape index (κ2) is 5.61. The van der Waals surface area contributed by atoms with E-state index in [0.717, 1.165) is 5.17 Å². The van der Waals surface area contributed by atoms with E-state index in [-0.39, 0.29) is 0 Å². The van der Waals surface area contributed by atoms with Crippen LogP contribution >= 0.6 is 34.4 Å². The summed E-state index contributed by atoms with van der Waals surface area (Å²) in [5.41, 5.74) is 2.43. The van der Waals surface area contributed by atoms with Crippen LogP contribution in [0, 0.1) is 10.5 Å². The first-order chi connectivity index (χ1) is 8.04. The van der Waals surface area contributed by atoms with Crippen molar-refractivity contribution in [1.82, 2.24) is 0 Å². The molecule has 17 heavy (non-hydrogen) atoms. The maximum Gasteiger partial charge on any atom is 0.161 e. The van der Waals surface area contributed by atoms with E-state index in [9.17, 15) is 0 Å². The van der Waals surface area contributed by atoms with E-state index in [1.807, 2.05) is 11.8 Å². The summed E-state index contributed by atoms with van der Waals surface area (Å²) in [6.45, 7) is 6.57. The molecular weight excluding hydrogens is 343 g/mol. The first-order valence-electron chi connectivity index (χ1n) is 5.82. The van der Waals surface area contributed by atoms with Crippen LogP contribution in [0.15, 0.2) is 23.2 Å². The van der Waals surface area contributed by atoms with Gasteiger partial charge in [-0.25, -0.2) is 0 Å². The van der Waals surface area contributed by atoms with E-state index in [0.29, 0.717) is 11.3 Å². The number of thioether (sulfide) groups is 1. The second-order valence-electron chi connectivity index (χ2n) is 4.53. The van der Waals surface area contributed by atoms with Gasteiger partial charge in [0.2, 0.25) is 0 Å². The number of benzene rings is 1. The van der Waals surface area contributed by atoms with E-state index < -0.39 is 0 Å². The van der Waals surface area contributed by atoms with Crippen LogP contribution in [0.2, 0.25) is 0 Å². The van der Waals surface area contributed by atoms with Gasteiger partial charge < -0.3 is 5.32 Å². The molecule has 0 aliphatic carbocycles. The monoisotopic (exact) mass is 360 g/mol. The van der Waals surface area contributed by atoms with Crippen LogP contribution in [0.5, 0.6) is 0 Å². The fourth-order valence-electron chi connectivity index (χ4n) is 1.91. The van der Waals surface area contributed by atoms with Gasteiger partial charge >= 0.3 is 0 Å². The Morgan fingerprint density at radius 1 is 1.41 bits per heavy atom. The Morgan fingerprint density at radius 3 is 2.88 bits per heavy atom. The average Bonchev–Trinajstić information content (AvgIpc) is 2.22. The molecule has 1 aromatic rings. The predicted molar refractivity (Wildman–Crippen MR) is 86.1 cm³/mol. The van der Waals surface area contributed by atoms with E-state index in [1.54, 1.807) is 0 Å². The number of aliphatic imine (C=N–C) groups is 1. The molecule has 2 unspecified atom stereocenters. The number of hydrogen-bond donors (Lipinski definition) is 1. The van der Waals surface area contributed by atoms with Crippen LogP contribution in [-0.4, -0.2) is 16.5 Å². The van der Waals surface area contributed by atoms with Crippen molar-refractivity contribution in [2.45, 2.75) is 38.5 Å². The van der Waals surface area contributed by atoms with Gasteiger partial charge in [0.05, 0.1) is 6.04 Å². The van der Waals surface area contributed by atoms with Crippen molar-refractivity contribution in [1.29, 1.82) is 0 Å². The molecule has 0 saturated heterocycles. The van der Waals surface area contributed by atoms with Crippen molar-refractivity contribution >= 4 is 45.2 Å². The fraction of sp³-hybridized carbons (Fsp3) is 0.462. The SMILES string of the molecule is Cc1ccc(I)cc1NC1=NC(C)CC(C)S1. The Morgan fingerprint density at radius 2 is 2.18 bits per heavy atom. The first-order valence-corrected chi connectivity index (χ1v) is 7.78. The summed E-state index contributed by atoms with van der Waals surface area (Å²) in [5, 5.41) is 5.16. The quantitative estimate of drug-likeness (QED) is 0.756. The number of anilines is 1. The zero-order chi connectivity index (χ0) is 12.4. The van der Waals surface area contributed by atoms with Gasteiger partial charge in [-0.2, -0.15) is 0 Å². The lowest BCUT2D eigenvalue weighted by Crippen LogP contribution is -2.23. The van der Waals surface area contributed by atoms with Gasteiger partial charge in [-0.15, -0.1) is 0 Å². The number of nitrogens with zero attached hydrogens (tertiary/aromatic N) is 1. The Bertz CT molecular complexity index is 445. The van der Waals surface area contributed by atoms with Gasteiger partial charge in [-0.3, -0.25) is 4.99 Å². The molecule has 0 fully saturated rings. The normalized spacial score (nSPS) is 24.4. The minimum absolute atomic E-state index is 0.428. The molecule has 1 aliphatic heterocycles. The number of aryl methyl sites for hydroxylation is 1. The maximum atomic E-state index is 4.66. The highest BCUT2D eigenvalue weighted by Crippen LogP contribution is 2.27. The Kier molecular flexibility index (Phi) is 4.36. The standard InChI is InChI=1S/C13H17IN2S/c1-8-4-5-11(14)7-12(8)16-13-15-9(2)6-10(3)17-13/h4-5,7,9-10H,6H2,1-3H3,(H,15,16). The lowest BCUT2D eigenvalue weighted by molar-refractivity contribution is 0.661. The zero-order valence-electron chi connectivity index (χ0n) is 10.3. The molecule has 2 nitrogen and oxygen atoms in total. The smallest absolute Gasteiger partial charge is 0.161 e. The van der Waals surface area contributed by atoms with Crippen molar-refractivity contribution in [3.05, 3.63) is 27.3 Å². The van der Waals surface area contributed by atoms with Gasteiger partial charge in [0.15, 0.2) is 5.17 Å². The molecule has 4 heteroatoms. The summed E-state index contributed by atoms with van der Waals surface area (Å²) in [6, 6.07) is 6.87. The van der Waals surface area contributed by atoms with Crippen molar-refractivity contribution in [2.75, 3.05) is 5.32 Å². The molecule has 0 saturated carbocycles. The van der Waals surface area contributed by atoms with Gasteiger partial charge in [0, 0.05) is 14.5 Å². The van der Waals surface area contributed by atoms with Crippen LogP contribution in [0.1, 0.15) is 25.8 Å². The van der Waals surface area contributed by atoms with Crippen molar-refractivity contribution < 1.29 is 0 Å². The summed E-state index contributed by atoms with van der Waals surface area (Å²) >= 11 is 4.17. The molecule has 1 aromatic carbocycles. The number of amidine groups is 1. The molecule has 2 atom stereocenters. The van der Waals surface area contributed by atoms with Crippen molar-refractivity contribution in [3.8, 4) is 0 Å². The number of rotatable bonds is 1. The maximum absolute atomic E-state index is 4.66. The molecule has 0 amide bonds. The molecule has 0 bridgehead atoms. The Labute approximate surface area is 121 Å². The Balaban J connectivity index is 2.18. The van der Waals surface area contributed by atoms with Crippen LogP contribution in [-0.2, 0) is 0 Å². The molecular formula is C13H17IN2S. The molecule has 1 N–H and O–H groups in total. The van der Waals surface area contributed by atoms with Crippen LogP contribution < -0.4 is 5.32 Å². The van der Waals surface area contributed by atoms with Crippen LogP contribution in [0.3, 0.4) is 0 Å². The van der Waals surface area contributed by atoms with Crippen LogP contribution in [0.25, 0.3) is 0 Å². The highest BCUT2D eigenvalue weighted by atomic mass is 127. The predicted octanol–water partition coefficient (Wildman–Crippen LogP) is 4.28. The van der Waals surface area contributed by atoms with Crippen molar-refractivity contribution in [2.24, 2.45) is 4.99 Å². The first kappa shape index (κ1) is 13.2. The number of hydrogen-bond acceptors (Lipinski definition) is 3. The van der Waals surface area contributed by atoms with E-state index >= 15 is 0 Å². The third kappa shape index (κ3) is 3.61. The second-order valence-corrected chi connectivity index (χ2v) is 7.20. The third-order valence-electron chi connectivity index (χ3n) is 2.76. The summed E-state index contributed by atoms with van der Waals surface area (Å²) in [6.07, 6.45) is 1.17. The van der Waals surface area contributed by atoms with Gasteiger partial charge in [0.25, 0.3) is 0 Å². The number of halogens is 1. The number of nitrogens with one attached hydrogen (secondary N) is 1. The molecule has 0 spiro atoms. The van der Waals surface area contributed by atoms with Crippen molar-refractivity contribution in [3.63, 3.8) is 0 Å². The topological polar surface area (TPSA) is 24.4 Å². The third-order valence-corrected chi connectivity index (χ3v) is 4.46. The highest BCUT2D eigenvalue weighted by molar-refractivity contribution is 14.1. The fourth-order valence-corrected chi connectivity index (χ4v) is 3.56. The largest absolute Gasteiger partial charge is 0.335 e. The van der Waals surface area contributed by atoms with Gasteiger partial charge in [-0.05, 0) is 60.6 Å². The van der Waals surface area contributed by atoms with E-state index in [1.165, 1.54) is 21.2 Å². The lowest BCUT2D eigenvalue weighted by atomic mass is 10.2. The van der Waals surface area contributed by atoms with Crippen LogP contribution in [0.4, 0.5) is 5.69 Å². The van der Waals surface area contributed by atoms with E-state index in [4.69, 9.17) is 0 Å². The lowest BCUT2D eigenvalue weighted by Gasteiger charge is -2.23. The van der Waals surface area contributed by atoms with E-state index in [2.05, 4.69) is 71.9 Å². The molecule has 1 heterocycles. The summed E-state index contributed by atoms with van der Waals surface area (Å²) in [7, 11) is 0. The summed E-state index contributed by atoms with van der Waals surface area (Å²) < 4.78 is 1.25. The Hall–Kier alpha value is -0.230. The minimum atomic E-state index is 0.428. The highest BCUT2D eigenvalue weighted by Gasteiger charge is 2.18. The molecule has 0 radical (unpaired) electrons. The summed E-state index contributed by atoms with van der Waals surface area (Å²) in [4.78, 5) is 4.66.